The normalized spacial score (nSPS) is 14.2. The van der Waals surface area contributed by atoms with Gasteiger partial charge in [-0.05, 0) is 44.7 Å². The molecule has 30 heavy (non-hydrogen) atoms. The molecule has 0 aromatic heterocycles. The smallest absolute Gasteiger partial charge is 0.222 e. The number of amides is 1. The predicted molar refractivity (Wildman–Crippen MR) is 132 cm³/mol. The van der Waals surface area contributed by atoms with E-state index in [1.54, 1.807) is 7.11 Å². The molecule has 1 aliphatic carbocycles. The lowest BCUT2D eigenvalue weighted by atomic mass is 10.2. The van der Waals surface area contributed by atoms with Crippen molar-refractivity contribution in [2.75, 3.05) is 26.7 Å². The summed E-state index contributed by atoms with van der Waals surface area (Å²) in [5.41, 5.74) is 1.03. The highest BCUT2D eigenvalue weighted by molar-refractivity contribution is 14.0. The van der Waals surface area contributed by atoms with E-state index in [0.717, 1.165) is 36.4 Å². The van der Waals surface area contributed by atoms with Gasteiger partial charge >= 0.3 is 0 Å². The summed E-state index contributed by atoms with van der Waals surface area (Å²) in [6.07, 6.45) is 4.94. The van der Waals surface area contributed by atoms with Gasteiger partial charge in [-0.1, -0.05) is 13.8 Å². The van der Waals surface area contributed by atoms with Gasteiger partial charge in [0, 0.05) is 37.2 Å². The molecule has 1 saturated carbocycles. The molecule has 0 spiro atoms. The van der Waals surface area contributed by atoms with E-state index in [1.807, 2.05) is 39.0 Å². The number of guanidine groups is 1. The second-order valence-corrected chi connectivity index (χ2v) is 7.57. The van der Waals surface area contributed by atoms with Crippen LogP contribution >= 0.6 is 24.0 Å². The van der Waals surface area contributed by atoms with Gasteiger partial charge in [0.25, 0.3) is 0 Å². The van der Waals surface area contributed by atoms with E-state index in [2.05, 4.69) is 20.9 Å². The van der Waals surface area contributed by atoms with Crippen LogP contribution in [-0.2, 0) is 11.3 Å². The Labute approximate surface area is 197 Å². The fourth-order valence-electron chi connectivity index (χ4n) is 3.16. The van der Waals surface area contributed by atoms with Crippen LogP contribution in [-0.4, -0.2) is 44.7 Å². The summed E-state index contributed by atoms with van der Waals surface area (Å²) in [6.45, 7) is 8.22. The Hall–Kier alpha value is -1.71. The highest BCUT2D eigenvalue weighted by Crippen LogP contribution is 2.30. The molecule has 1 aliphatic rings. The minimum absolute atomic E-state index is 0. The standard InChI is InChI=1S/C22H36N4O3.HI/c1-5-23-22(25-13-12-24-21(27)16(2)3)26-15-17-10-11-19(28-4)14-20(17)29-18-8-6-7-9-18;/h10-11,14,16,18H,5-9,12-13,15H2,1-4H3,(H,24,27)(H2,23,25,26);1H. The number of hydrogen-bond acceptors (Lipinski definition) is 4. The van der Waals surface area contributed by atoms with Crippen LogP contribution in [0.4, 0.5) is 0 Å². The second kappa shape index (κ2) is 14.3. The van der Waals surface area contributed by atoms with Gasteiger partial charge < -0.3 is 25.4 Å². The number of nitrogens with one attached hydrogen (secondary N) is 3. The Kier molecular flexibility index (Phi) is 12.6. The molecule has 0 unspecified atom stereocenters. The van der Waals surface area contributed by atoms with E-state index in [4.69, 9.17) is 9.47 Å². The molecule has 7 nitrogen and oxygen atoms in total. The zero-order chi connectivity index (χ0) is 21.1. The number of nitrogens with zero attached hydrogens (tertiary/aromatic N) is 1. The summed E-state index contributed by atoms with van der Waals surface area (Å²) < 4.78 is 11.6. The third-order valence-electron chi connectivity index (χ3n) is 4.86. The van der Waals surface area contributed by atoms with Crippen molar-refractivity contribution < 1.29 is 14.3 Å². The van der Waals surface area contributed by atoms with E-state index >= 15 is 0 Å². The molecule has 1 fully saturated rings. The van der Waals surface area contributed by atoms with Crippen LogP contribution in [0.15, 0.2) is 23.2 Å². The Bertz CT molecular complexity index is 676. The maximum Gasteiger partial charge on any atom is 0.222 e. The van der Waals surface area contributed by atoms with E-state index in [0.29, 0.717) is 25.6 Å². The van der Waals surface area contributed by atoms with E-state index in [1.165, 1.54) is 12.8 Å². The van der Waals surface area contributed by atoms with Crippen molar-refractivity contribution in [2.24, 2.45) is 10.9 Å². The molecule has 1 aromatic rings. The molecule has 8 heteroatoms. The van der Waals surface area contributed by atoms with Crippen molar-refractivity contribution in [3.63, 3.8) is 0 Å². The molecule has 3 N–H and O–H groups in total. The molecule has 0 saturated heterocycles. The first kappa shape index (κ1) is 26.3. The average molecular weight is 532 g/mol. The molecule has 1 amide bonds. The van der Waals surface area contributed by atoms with Gasteiger partial charge in [0.2, 0.25) is 5.91 Å². The van der Waals surface area contributed by atoms with Crippen molar-refractivity contribution in [2.45, 2.75) is 59.1 Å². The lowest BCUT2D eigenvalue weighted by Gasteiger charge is -2.17. The van der Waals surface area contributed by atoms with Gasteiger partial charge in [0.05, 0.1) is 19.8 Å². The van der Waals surface area contributed by atoms with Crippen LogP contribution in [0.5, 0.6) is 11.5 Å². The van der Waals surface area contributed by atoms with Gasteiger partial charge in [0.1, 0.15) is 11.5 Å². The van der Waals surface area contributed by atoms with Gasteiger partial charge in [-0.15, -0.1) is 24.0 Å². The summed E-state index contributed by atoms with van der Waals surface area (Å²) in [5, 5.41) is 9.40. The molecule has 170 valence electrons. The molecule has 0 atom stereocenters. The maximum atomic E-state index is 11.6. The van der Waals surface area contributed by atoms with Crippen molar-refractivity contribution in [3.05, 3.63) is 23.8 Å². The molecule has 0 bridgehead atoms. The Balaban J connectivity index is 0.00000450. The van der Waals surface area contributed by atoms with E-state index in [9.17, 15) is 4.79 Å². The largest absolute Gasteiger partial charge is 0.497 e. The lowest BCUT2D eigenvalue weighted by molar-refractivity contribution is -0.123. The molecular formula is C22H37IN4O3. The summed E-state index contributed by atoms with van der Waals surface area (Å²) in [7, 11) is 1.66. The Morgan fingerprint density at radius 3 is 2.50 bits per heavy atom. The number of ether oxygens (including phenoxy) is 2. The molecule has 1 aromatic carbocycles. The molecule has 0 radical (unpaired) electrons. The first-order chi connectivity index (χ1) is 14.0. The quantitative estimate of drug-likeness (QED) is 0.186. The first-order valence-corrected chi connectivity index (χ1v) is 10.7. The number of aliphatic imine (C=N–C) groups is 1. The summed E-state index contributed by atoms with van der Waals surface area (Å²) in [4.78, 5) is 16.3. The van der Waals surface area contributed by atoms with Crippen LogP contribution < -0.4 is 25.4 Å². The summed E-state index contributed by atoms with van der Waals surface area (Å²) in [5.74, 6) is 2.40. The van der Waals surface area contributed by atoms with Crippen molar-refractivity contribution in [1.82, 2.24) is 16.0 Å². The Morgan fingerprint density at radius 1 is 1.17 bits per heavy atom. The van der Waals surface area contributed by atoms with E-state index < -0.39 is 0 Å². The van der Waals surface area contributed by atoms with Gasteiger partial charge in [-0.25, -0.2) is 4.99 Å². The number of benzene rings is 1. The van der Waals surface area contributed by atoms with Crippen LogP contribution in [0, 0.1) is 5.92 Å². The first-order valence-electron chi connectivity index (χ1n) is 10.7. The highest BCUT2D eigenvalue weighted by atomic mass is 127. The fourth-order valence-corrected chi connectivity index (χ4v) is 3.16. The SMILES string of the molecule is CCNC(=NCc1ccc(OC)cc1OC1CCCC1)NCCNC(=O)C(C)C.I. The number of halogens is 1. The lowest BCUT2D eigenvalue weighted by Crippen LogP contribution is -2.42. The van der Waals surface area contributed by atoms with Gasteiger partial charge in [-0.2, -0.15) is 0 Å². The molecular weight excluding hydrogens is 495 g/mol. The zero-order valence-corrected chi connectivity index (χ0v) is 21.0. The van der Waals surface area contributed by atoms with Crippen LogP contribution in [0.1, 0.15) is 52.0 Å². The van der Waals surface area contributed by atoms with Crippen LogP contribution in [0.25, 0.3) is 0 Å². The Morgan fingerprint density at radius 2 is 1.87 bits per heavy atom. The monoisotopic (exact) mass is 532 g/mol. The minimum Gasteiger partial charge on any atom is -0.497 e. The third kappa shape index (κ3) is 8.97. The molecule has 2 rings (SSSR count). The topological polar surface area (TPSA) is 84.0 Å². The van der Waals surface area contributed by atoms with Gasteiger partial charge in [0.15, 0.2) is 5.96 Å². The van der Waals surface area contributed by atoms with Gasteiger partial charge in [-0.3, -0.25) is 4.79 Å². The van der Waals surface area contributed by atoms with Crippen LogP contribution in [0.3, 0.4) is 0 Å². The summed E-state index contributed by atoms with van der Waals surface area (Å²) >= 11 is 0. The highest BCUT2D eigenvalue weighted by Gasteiger charge is 2.18. The van der Waals surface area contributed by atoms with Crippen molar-refractivity contribution in [3.8, 4) is 11.5 Å². The number of carbonyl (C=O) groups is 1. The molecule has 0 aliphatic heterocycles. The maximum absolute atomic E-state index is 11.6. The third-order valence-corrected chi connectivity index (χ3v) is 4.86. The number of methoxy groups -OCH3 is 1. The fraction of sp³-hybridized carbons (Fsp3) is 0.636. The number of rotatable bonds is 10. The predicted octanol–water partition coefficient (Wildman–Crippen LogP) is 3.46. The molecule has 0 heterocycles. The summed E-state index contributed by atoms with van der Waals surface area (Å²) in [6, 6.07) is 5.90. The number of carbonyl (C=O) groups excluding carboxylic acids is 1. The van der Waals surface area contributed by atoms with Crippen LogP contribution in [0.2, 0.25) is 0 Å². The van der Waals surface area contributed by atoms with Crippen molar-refractivity contribution in [1.29, 1.82) is 0 Å². The average Bonchev–Trinajstić information content (AvgIpc) is 3.22. The number of hydrogen-bond donors (Lipinski definition) is 3. The second-order valence-electron chi connectivity index (χ2n) is 7.57. The minimum atomic E-state index is -0.00901. The van der Waals surface area contributed by atoms with Crippen molar-refractivity contribution >= 4 is 35.8 Å². The van der Waals surface area contributed by atoms with E-state index in [-0.39, 0.29) is 41.9 Å². The zero-order valence-electron chi connectivity index (χ0n) is 18.6.